The van der Waals surface area contributed by atoms with E-state index in [1.807, 2.05) is 17.5 Å². The smallest absolute Gasteiger partial charge is 0.298 e. The monoisotopic (exact) mass is 369 g/mol. The van der Waals surface area contributed by atoms with E-state index in [-0.39, 0.29) is 11.3 Å². The first-order chi connectivity index (χ1) is 11.3. The van der Waals surface area contributed by atoms with Gasteiger partial charge < -0.3 is 0 Å². The molecule has 0 aliphatic rings. The average molecular weight is 369 g/mol. The van der Waals surface area contributed by atoms with Crippen LogP contribution in [0.25, 0.3) is 10.6 Å². The van der Waals surface area contributed by atoms with Gasteiger partial charge >= 0.3 is 6.18 Å². The quantitative estimate of drug-likeness (QED) is 0.718. The van der Waals surface area contributed by atoms with E-state index in [9.17, 15) is 18.0 Å². The molecule has 4 nitrogen and oxygen atoms in total. The van der Waals surface area contributed by atoms with Crippen molar-refractivity contribution < 1.29 is 18.0 Å². The number of nitrogens with zero attached hydrogens (tertiary/aromatic N) is 2. The van der Waals surface area contributed by atoms with Gasteiger partial charge in [0.2, 0.25) is 0 Å². The van der Waals surface area contributed by atoms with Crippen molar-refractivity contribution in [1.82, 2.24) is 9.97 Å². The standard InChI is InChI=1S/C15H10F3N3OS2/c1-8-9(4-5-12(19-8)15(16,17)18)13(22)21-14-20-10(7-24-14)11-3-2-6-23-11/h2-7H,1H3,(H,20,21,22). The maximum Gasteiger partial charge on any atom is 0.433 e. The number of halogens is 3. The van der Waals surface area contributed by atoms with Crippen LogP contribution in [0.5, 0.6) is 0 Å². The minimum Gasteiger partial charge on any atom is -0.298 e. The van der Waals surface area contributed by atoms with Crippen LogP contribution in [0.4, 0.5) is 18.3 Å². The van der Waals surface area contributed by atoms with E-state index >= 15 is 0 Å². The van der Waals surface area contributed by atoms with E-state index in [1.54, 1.807) is 5.38 Å². The maximum absolute atomic E-state index is 12.6. The average Bonchev–Trinajstić information content (AvgIpc) is 3.16. The van der Waals surface area contributed by atoms with Crippen molar-refractivity contribution in [2.24, 2.45) is 0 Å². The predicted octanol–water partition coefficient (Wildman–Crippen LogP) is 4.85. The van der Waals surface area contributed by atoms with Crippen molar-refractivity contribution in [2.75, 3.05) is 5.32 Å². The minimum absolute atomic E-state index is 0.0114. The Balaban J connectivity index is 1.78. The molecule has 3 aromatic heterocycles. The van der Waals surface area contributed by atoms with Gasteiger partial charge in [-0.15, -0.1) is 22.7 Å². The van der Waals surface area contributed by atoms with Crippen LogP contribution >= 0.6 is 22.7 Å². The Morgan fingerprint density at radius 1 is 1.17 bits per heavy atom. The third-order valence-electron chi connectivity index (χ3n) is 3.12. The molecule has 0 spiro atoms. The number of pyridine rings is 1. The number of anilines is 1. The molecular weight excluding hydrogens is 359 g/mol. The molecule has 9 heteroatoms. The number of nitrogens with one attached hydrogen (secondary N) is 1. The number of aryl methyl sites for hydroxylation is 1. The molecular formula is C15H10F3N3OS2. The summed E-state index contributed by atoms with van der Waals surface area (Å²) in [5.41, 5.74) is -0.188. The van der Waals surface area contributed by atoms with Gasteiger partial charge in [0.1, 0.15) is 5.69 Å². The second-order valence-corrected chi connectivity index (χ2v) is 6.60. The molecule has 0 atom stereocenters. The summed E-state index contributed by atoms with van der Waals surface area (Å²) in [6, 6.07) is 5.72. The Kier molecular flexibility index (Phi) is 4.37. The summed E-state index contributed by atoms with van der Waals surface area (Å²) >= 11 is 2.77. The normalized spacial score (nSPS) is 11.5. The molecule has 24 heavy (non-hydrogen) atoms. The number of carbonyl (C=O) groups is 1. The van der Waals surface area contributed by atoms with Crippen molar-refractivity contribution in [3.05, 3.63) is 52.0 Å². The second kappa shape index (κ2) is 6.33. The van der Waals surface area contributed by atoms with Gasteiger partial charge in [-0.1, -0.05) is 6.07 Å². The zero-order valence-corrected chi connectivity index (χ0v) is 13.9. The molecule has 0 saturated heterocycles. The molecule has 124 valence electrons. The number of rotatable bonds is 3. The maximum atomic E-state index is 12.6. The number of aromatic nitrogens is 2. The molecule has 0 saturated carbocycles. The Morgan fingerprint density at radius 2 is 1.96 bits per heavy atom. The van der Waals surface area contributed by atoms with Gasteiger partial charge in [0, 0.05) is 5.38 Å². The zero-order chi connectivity index (χ0) is 17.3. The lowest BCUT2D eigenvalue weighted by Gasteiger charge is -2.09. The van der Waals surface area contributed by atoms with Gasteiger partial charge in [-0.3, -0.25) is 10.1 Å². The topological polar surface area (TPSA) is 54.9 Å². The highest BCUT2D eigenvalue weighted by Gasteiger charge is 2.33. The summed E-state index contributed by atoms with van der Waals surface area (Å²) in [7, 11) is 0. The van der Waals surface area contributed by atoms with E-state index < -0.39 is 17.8 Å². The van der Waals surface area contributed by atoms with E-state index in [0.29, 0.717) is 5.13 Å². The summed E-state index contributed by atoms with van der Waals surface area (Å²) < 4.78 is 37.8. The molecule has 3 aromatic rings. The Morgan fingerprint density at radius 3 is 2.58 bits per heavy atom. The molecule has 0 radical (unpaired) electrons. The van der Waals surface area contributed by atoms with Crippen molar-refractivity contribution in [3.8, 4) is 10.6 Å². The minimum atomic E-state index is -4.54. The SMILES string of the molecule is Cc1nc(C(F)(F)F)ccc1C(=O)Nc1nc(-c2cccs2)cs1. The molecule has 0 aromatic carbocycles. The fourth-order valence-electron chi connectivity index (χ4n) is 1.99. The van der Waals surface area contributed by atoms with Gasteiger partial charge in [-0.05, 0) is 30.5 Å². The molecule has 0 aliphatic carbocycles. The van der Waals surface area contributed by atoms with Crippen LogP contribution in [0, 0.1) is 6.92 Å². The third kappa shape index (κ3) is 3.46. The molecule has 0 unspecified atom stereocenters. The largest absolute Gasteiger partial charge is 0.433 e. The number of thiazole rings is 1. The molecule has 0 bridgehead atoms. The van der Waals surface area contributed by atoms with Crippen LogP contribution in [0.3, 0.4) is 0 Å². The first kappa shape index (κ1) is 16.6. The van der Waals surface area contributed by atoms with E-state index in [2.05, 4.69) is 15.3 Å². The first-order valence-corrected chi connectivity index (χ1v) is 8.46. The number of thiophene rings is 1. The number of carbonyl (C=O) groups excluding carboxylic acids is 1. The lowest BCUT2D eigenvalue weighted by Crippen LogP contribution is -2.16. The van der Waals surface area contributed by atoms with Crippen LogP contribution < -0.4 is 5.32 Å². The summed E-state index contributed by atoms with van der Waals surface area (Å²) in [6.07, 6.45) is -4.54. The van der Waals surface area contributed by atoms with Crippen molar-refractivity contribution in [2.45, 2.75) is 13.1 Å². The van der Waals surface area contributed by atoms with Gasteiger partial charge in [-0.2, -0.15) is 13.2 Å². The molecule has 0 aliphatic heterocycles. The van der Waals surface area contributed by atoms with Crippen LogP contribution in [0.15, 0.2) is 35.0 Å². The molecule has 0 fully saturated rings. The number of hydrogen-bond donors (Lipinski definition) is 1. The van der Waals surface area contributed by atoms with Gasteiger partial charge in [0.15, 0.2) is 5.13 Å². The number of amides is 1. The third-order valence-corrected chi connectivity index (χ3v) is 4.77. The van der Waals surface area contributed by atoms with Gasteiger partial charge in [0.25, 0.3) is 5.91 Å². The van der Waals surface area contributed by atoms with E-state index in [0.717, 1.165) is 22.7 Å². The lowest BCUT2D eigenvalue weighted by molar-refractivity contribution is -0.141. The fraction of sp³-hybridized carbons (Fsp3) is 0.133. The Labute approximate surface area is 143 Å². The molecule has 3 heterocycles. The molecule has 1 amide bonds. The van der Waals surface area contributed by atoms with Crippen LogP contribution in [-0.2, 0) is 6.18 Å². The highest BCUT2D eigenvalue weighted by atomic mass is 32.1. The summed E-state index contributed by atoms with van der Waals surface area (Å²) in [6.45, 7) is 1.36. The molecule has 3 rings (SSSR count). The van der Waals surface area contributed by atoms with Crippen molar-refractivity contribution in [3.63, 3.8) is 0 Å². The first-order valence-electron chi connectivity index (χ1n) is 6.70. The van der Waals surface area contributed by atoms with Crippen molar-refractivity contribution >= 4 is 33.7 Å². The fourth-order valence-corrected chi connectivity index (χ4v) is 3.46. The highest BCUT2D eigenvalue weighted by Crippen LogP contribution is 2.30. The zero-order valence-electron chi connectivity index (χ0n) is 12.2. The van der Waals surface area contributed by atoms with E-state index in [1.165, 1.54) is 29.6 Å². The van der Waals surface area contributed by atoms with Crippen LogP contribution in [0.1, 0.15) is 21.7 Å². The number of hydrogen-bond acceptors (Lipinski definition) is 5. The predicted molar refractivity (Wildman–Crippen MR) is 87.4 cm³/mol. The van der Waals surface area contributed by atoms with Gasteiger partial charge in [0.05, 0.1) is 21.8 Å². The van der Waals surface area contributed by atoms with Crippen molar-refractivity contribution in [1.29, 1.82) is 0 Å². The summed E-state index contributed by atoms with van der Waals surface area (Å²) in [5, 5.41) is 6.69. The van der Waals surface area contributed by atoms with Gasteiger partial charge in [-0.25, -0.2) is 9.97 Å². The Hall–Kier alpha value is -2.26. The van der Waals surface area contributed by atoms with Crippen LogP contribution in [0.2, 0.25) is 0 Å². The van der Waals surface area contributed by atoms with E-state index in [4.69, 9.17) is 0 Å². The second-order valence-electron chi connectivity index (χ2n) is 4.80. The highest BCUT2D eigenvalue weighted by molar-refractivity contribution is 7.16. The summed E-state index contributed by atoms with van der Waals surface area (Å²) in [5.74, 6) is -0.541. The number of alkyl halides is 3. The summed E-state index contributed by atoms with van der Waals surface area (Å²) in [4.78, 5) is 21.0. The Bertz CT molecular complexity index is 872. The van der Waals surface area contributed by atoms with Crippen LogP contribution in [-0.4, -0.2) is 15.9 Å². The lowest BCUT2D eigenvalue weighted by atomic mass is 10.1. The molecule has 1 N–H and O–H groups in total.